The maximum Gasteiger partial charge on any atom is 0.196 e. The van der Waals surface area contributed by atoms with Gasteiger partial charge in [-0.05, 0) is 54.5 Å². The number of benzene rings is 2. The number of phenols is 2. The van der Waals surface area contributed by atoms with E-state index in [0.717, 1.165) is 28.8 Å². The third-order valence-electron chi connectivity index (χ3n) is 4.43. The zero-order chi connectivity index (χ0) is 17.8. The molecule has 1 fully saturated rings. The summed E-state index contributed by atoms with van der Waals surface area (Å²) in [6.45, 7) is 4.45. The first-order valence-electron chi connectivity index (χ1n) is 8.42. The smallest absolute Gasteiger partial charge is 0.196 e. The number of hydrogen-bond donors (Lipinski definition) is 3. The van der Waals surface area contributed by atoms with Crippen LogP contribution in [0, 0.1) is 0 Å². The second-order valence-corrected chi connectivity index (χ2v) is 6.31. The van der Waals surface area contributed by atoms with Crippen molar-refractivity contribution in [1.82, 2.24) is 0 Å². The number of piperidine rings is 1. The van der Waals surface area contributed by atoms with Crippen molar-refractivity contribution in [2.24, 2.45) is 0 Å². The molecule has 128 valence electrons. The van der Waals surface area contributed by atoms with Gasteiger partial charge in [-0.3, -0.25) is 4.79 Å². The molecular formula is C21H22NO3+. The zero-order valence-corrected chi connectivity index (χ0v) is 14.2. The van der Waals surface area contributed by atoms with Gasteiger partial charge in [0.15, 0.2) is 5.78 Å². The fourth-order valence-electron chi connectivity index (χ4n) is 2.99. The van der Waals surface area contributed by atoms with E-state index >= 15 is 0 Å². The molecule has 2 aromatic rings. The van der Waals surface area contributed by atoms with Gasteiger partial charge in [0.2, 0.25) is 0 Å². The molecule has 0 amide bonds. The summed E-state index contributed by atoms with van der Waals surface area (Å²) < 4.78 is 0. The largest absolute Gasteiger partial charge is 0.508 e. The highest BCUT2D eigenvalue weighted by molar-refractivity contribution is 6.14. The number of hydrogen-bond acceptors (Lipinski definition) is 3. The molecule has 0 aromatic heterocycles. The van der Waals surface area contributed by atoms with Crippen molar-refractivity contribution in [3.05, 3.63) is 70.8 Å². The Morgan fingerprint density at radius 2 is 1.24 bits per heavy atom. The standard InChI is InChI=1S/C21H21NO3/c1-2-22-13-17(11-15-3-7-19(23)8-4-15)21(25)18(14-22)12-16-5-9-20(24)10-6-16/h3-12,23-24H,2,13-14H2,1H3/p+1/b17-11-,18-12+. The van der Waals surface area contributed by atoms with Crippen molar-refractivity contribution in [2.45, 2.75) is 6.92 Å². The van der Waals surface area contributed by atoms with Gasteiger partial charge in [-0.25, -0.2) is 0 Å². The summed E-state index contributed by atoms with van der Waals surface area (Å²) in [5.41, 5.74) is 3.36. The van der Waals surface area contributed by atoms with Gasteiger partial charge in [0.25, 0.3) is 0 Å². The quantitative estimate of drug-likeness (QED) is 0.752. The molecule has 0 saturated carbocycles. The second-order valence-electron chi connectivity index (χ2n) is 6.31. The summed E-state index contributed by atoms with van der Waals surface area (Å²) in [6, 6.07) is 13.7. The van der Waals surface area contributed by atoms with Gasteiger partial charge >= 0.3 is 0 Å². The first kappa shape index (κ1) is 17.0. The van der Waals surface area contributed by atoms with Crippen LogP contribution in [0.3, 0.4) is 0 Å². The normalized spacial score (nSPS) is 21.0. The molecule has 4 heteroatoms. The van der Waals surface area contributed by atoms with Crippen molar-refractivity contribution in [2.75, 3.05) is 19.6 Å². The van der Waals surface area contributed by atoms with E-state index < -0.39 is 0 Å². The third kappa shape index (κ3) is 4.17. The highest BCUT2D eigenvalue weighted by Crippen LogP contribution is 2.18. The number of nitrogens with one attached hydrogen (secondary N) is 1. The Morgan fingerprint density at radius 1 is 0.840 bits per heavy atom. The van der Waals surface area contributed by atoms with Crippen LogP contribution in [0.5, 0.6) is 11.5 Å². The average molecular weight is 336 g/mol. The van der Waals surface area contributed by atoms with Crippen LogP contribution in [-0.2, 0) is 4.79 Å². The molecule has 3 N–H and O–H groups in total. The number of Topliss-reactive ketones (excluding diaryl/α,β-unsaturated/α-hetero) is 1. The van der Waals surface area contributed by atoms with Crippen LogP contribution in [0.2, 0.25) is 0 Å². The minimum atomic E-state index is 0.0679. The van der Waals surface area contributed by atoms with Gasteiger partial charge in [0.05, 0.1) is 17.7 Å². The molecule has 2 aromatic carbocycles. The minimum absolute atomic E-state index is 0.0679. The predicted octanol–water partition coefficient (Wildman–Crippen LogP) is 2.05. The summed E-state index contributed by atoms with van der Waals surface area (Å²) in [5, 5.41) is 18.8. The van der Waals surface area contributed by atoms with Crippen molar-refractivity contribution >= 4 is 17.9 Å². The van der Waals surface area contributed by atoms with Gasteiger partial charge in [0.1, 0.15) is 24.6 Å². The molecule has 0 bridgehead atoms. The molecule has 3 rings (SSSR count). The fourth-order valence-corrected chi connectivity index (χ4v) is 2.99. The topological polar surface area (TPSA) is 62.0 Å². The molecule has 0 radical (unpaired) electrons. The number of phenolic OH excluding ortho intramolecular Hbond substituents is 2. The van der Waals surface area contributed by atoms with E-state index in [2.05, 4.69) is 6.92 Å². The third-order valence-corrected chi connectivity index (χ3v) is 4.43. The molecule has 0 spiro atoms. The van der Waals surface area contributed by atoms with E-state index in [4.69, 9.17) is 0 Å². The average Bonchev–Trinajstić information content (AvgIpc) is 2.62. The van der Waals surface area contributed by atoms with Gasteiger partial charge < -0.3 is 15.1 Å². The molecule has 1 heterocycles. The van der Waals surface area contributed by atoms with Crippen LogP contribution in [-0.4, -0.2) is 35.6 Å². The van der Waals surface area contributed by atoms with Gasteiger partial charge in [-0.1, -0.05) is 24.3 Å². The number of carbonyl (C=O) groups is 1. The van der Waals surface area contributed by atoms with Crippen LogP contribution in [0.1, 0.15) is 18.1 Å². The SMILES string of the molecule is CC[NH+]1C/C(=C/c2ccc(O)cc2)C(=O)/C(=C/c2ccc(O)cc2)C1. The highest BCUT2D eigenvalue weighted by Gasteiger charge is 2.28. The number of carbonyl (C=O) groups excluding carboxylic acids is 1. The summed E-state index contributed by atoms with van der Waals surface area (Å²) >= 11 is 0. The summed E-state index contributed by atoms with van der Waals surface area (Å²) in [7, 11) is 0. The van der Waals surface area contributed by atoms with Gasteiger partial charge in [0, 0.05) is 0 Å². The van der Waals surface area contributed by atoms with E-state index in [9.17, 15) is 15.0 Å². The van der Waals surface area contributed by atoms with E-state index in [1.54, 1.807) is 48.5 Å². The lowest BCUT2D eigenvalue weighted by atomic mass is 9.94. The predicted molar refractivity (Wildman–Crippen MR) is 98.4 cm³/mol. The summed E-state index contributed by atoms with van der Waals surface area (Å²) in [6.07, 6.45) is 3.81. The molecule has 1 unspecified atom stereocenters. The van der Waals surface area contributed by atoms with Crippen LogP contribution in [0.25, 0.3) is 12.2 Å². The molecule has 25 heavy (non-hydrogen) atoms. The number of likely N-dealkylation sites (N-methyl/N-ethyl adjacent to an activating group) is 1. The van der Waals surface area contributed by atoms with Crippen molar-refractivity contribution in [1.29, 1.82) is 0 Å². The zero-order valence-electron chi connectivity index (χ0n) is 14.2. The summed E-state index contributed by atoms with van der Waals surface area (Å²) in [4.78, 5) is 14.2. The fraction of sp³-hybridized carbons (Fsp3) is 0.190. The Hall–Kier alpha value is -2.85. The lowest BCUT2D eigenvalue weighted by Crippen LogP contribution is -3.13. The maximum atomic E-state index is 12.9. The van der Waals surface area contributed by atoms with Crippen LogP contribution in [0.15, 0.2) is 59.7 Å². The number of quaternary nitrogens is 1. The van der Waals surface area contributed by atoms with E-state index in [0.29, 0.717) is 13.1 Å². The molecule has 1 saturated heterocycles. The second kappa shape index (κ2) is 7.36. The first-order chi connectivity index (χ1) is 12.0. The minimum Gasteiger partial charge on any atom is -0.508 e. The van der Waals surface area contributed by atoms with Crippen molar-refractivity contribution in [3.8, 4) is 11.5 Å². The van der Waals surface area contributed by atoms with Gasteiger partial charge in [-0.2, -0.15) is 0 Å². The molecule has 1 atom stereocenters. The van der Waals surface area contributed by atoms with E-state index in [1.165, 1.54) is 4.90 Å². The Labute approximate surface area is 147 Å². The van der Waals surface area contributed by atoms with Crippen LogP contribution < -0.4 is 4.90 Å². The Balaban J connectivity index is 1.93. The molecule has 1 aliphatic heterocycles. The maximum absolute atomic E-state index is 12.9. The van der Waals surface area contributed by atoms with Crippen LogP contribution >= 0.6 is 0 Å². The van der Waals surface area contributed by atoms with E-state index in [-0.39, 0.29) is 17.3 Å². The lowest BCUT2D eigenvalue weighted by molar-refractivity contribution is -0.889. The lowest BCUT2D eigenvalue weighted by Gasteiger charge is -2.25. The van der Waals surface area contributed by atoms with Gasteiger partial charge in [-0.15, -0.1) is 0 Å². The molecular weight excluding hydrogens is 314 g/mol. The Kier molecular flexibility index (Phi) is 5.00. The Bertz CT molecular complexity index is 750. The van der Waals surface area contributed by atoms with Crippen molar-refractivity contribution < 1.29 is 19.9 Å². The van der Waals surface area contributed by atoms with E-state index in [1.807, 2.05) is 12.2 Å². The molecule has 1 aliphatic rings. The number of rotatable bonds is 3. The molecule has 0 aliphatic carbocycles. The highest BCUT2D eigenvalue weighted by atomic mass is 16.3. The number of likely N-dealkylation sites (tertiary alicyclic amines) is 1. The van der Waals surface area contributed by atoms with Crippen molar-refractivity contribution in [3.63, 3.8) is 0 Å². The summed E-state index contributed by atoms with van der Waals surface area (Å²) in [5.74, 6) is 0.495. The monoisotopic (exact) mass is 336 g/mol. The Morgan fingerprint density at radius 3 is 1.60 bits per heavy atom. The van der Waals surface area contributed by atoms with Crippen LogP contribution in [0.4, 0.5) is 0 Å². The first-order valence-corrected chi connectivity index (χ1v) is 8.42. The molecule has 4 nitrogen and oxygen atoms in total. The number of aromatic hydroxyl groups is 2. The number of ketones is 1.